The van der Waals surface area contributed by atoms with Crippen molar-refractivity contribution in [3.8, 4) is 0 Å². The maximum atomic E-state index is 12.3. The molecular weight excluding hydrogens is 258 g/mol. The number of carbonyl (C=O) groups is 1. The minimum absolute atomic E-state index is 0.230. The molecule has 7 nitrogen and oxygen atoms in total. The van der Waals surface area contributed by atoms with Gasteiger partial charge in [-0.15, -0.1) is 0 Å². The number of aromatic carboxylic acids is 1. The number of aromatic nitrogens is 2. The second kappa shape index (κ2) is 5.49. The Morgan fingerprint density at radius 3 is 2.50 bits per heavy atom. The summed E-state index contributed by atoms with van der Waals surface area (Å²) >= 11 is 0. The lowest BCUT2D eigenvalue weighted by molar-refractivity contribution is 0.0691. The maximum Gasteiger partial charge on any atom is 0.340 e. The fraction of sp³-hybridized carbons (Fsp3) is 0.600. The molecule has 0 radical (unpaired) electrons. The average molecular weight is 275 g/mol. The Balaban J connectivity index is 3.32. The molecule has 8 heteroatoms. The van der Waals surface area contributed by atoms with Crippen LogP contribution in [0.3, 0.4) is 0 Å². The molecule has 1 aromatic heterocycles. The summed E-state index contributed by atoms with van der Waals surface area (Å²) in [5.41, 5.74) is -0.0572. The molecule has 0 fully saturated rings. The van der Waals surface area contributed by atoms with Crippen LogP contribution >= 0.6 is 0 Å². The summed E-state index contributed by atoms with van der Waals surface area (Å²) < 4.78 is 25.8. The molecule has 1 rings (SSSR count). The Morgan fingerprint density at radius 2 is 2.06 bits per heavy atom. The molecule has 0 atom stereocenters. The predicted octanol–water partition coefficient (Wildman–Crippen LogP) is 0.837. The van der Waals surface area contributed by atoms with Crippen molar-refractivity contribution in [2.24, 2.45) is 0 Å². The van der Waals surface area contributed by atoms with E-state index in [1.54, 1.807) is 6.92 Å². The third kappa shape index (κ3) is 2.54. The molecule has 1 heterocycles. The van der Waals surface area contributed by atoms with E-state index in [1.165, 1.54) is 11.2 Å². The highest BCUT2D eigenvalue weighted by atomic mass is 32.2. The molecular formula is C10H17N3O4S. The van der Waals surface area contributed by atoms with E-state index in [0.717, 1.165) is 0 Å². The maximum absolute atomic E-state index is 12.3. The number of nitrogens with zero attached hydrogens (tertiary/aromatic N) is 2. The summed E-state index contributed by atoms with van der Waals surface area (Å²) in [6, 6.07) is 0. The van der Waals surface area contributed by atoms with Gasteiger partial charge < -0.3 is 5.11 Å². The lowest BCUT2D eigenvalue weighted by atomic mass is 10.3. The first-order chi connectivity index (χ1) is 8.36. The van der Waals surface area contributed by atoms with Crippen LogP contribution in [0, 0.1) is 6.92 Å². The Labute approximate surface area is 106 Å². The van der Waals surface area contributed by atoms with Gasteiger partial charge in [-0.2, -0.15) is 9.40 Å². The zero-order valence-electron chi connectivity index (χ0n) is 10.6. The third-order valence-electron chi connectivity index (χ3n) is 2.54. The van der Waals surface area contributed by atoms with E-state index in [1.807, 2.05) is 6.92 Å². The number of aromatic amines is 1. The van der Waals surface area contributed by atoms with Crippen LogP contribution in [0.4, 0.5) is 0 Å². The van der Waals surface area contributed by atoms with E-state index < -0.39 is 21.0 Å². The van der Waals surface area contributed by atoms with E-state index in [0.29, 0.717) is 13.0 Å². The van der Waals surface area contributed by atoms with Crippen molar-refractivity contribution in [1.29, 1.82) is 0 Å². The summed E-state index contributed by atoms with van der Waals surface area (Å²) in [6.45, 7) is 5.65. The quantitative estimate of drug-likeness (QED) is 0.800. The first-order valence-electron chi connectivity index (χ1n) is 5.64. The highest BCUT2D eigenvalue weighted by Gasteiger charge is 2.32. The minimum atomic E-state index is -3.86. The van der Waals surface area contributed by atoms with Crippen LogP contribution in [0.25, 0.3) is 0 Å². The average Bonchev–Trinajstić information content (AvgIpc) is 2.68. The van der Waals surface area contributed by atoms with Gasteiger partial charge >= 0.3 is 5.97 Å². The van der Waals surface area contributed by atoms with Gasteiger partial charge in [-0.25, -0.2) is 13.2 Å². The summed E-state index contributed by atoms with van der Waals surface area (Å²) in [6.07, 6.45) is 0.652. The van der Waals surface area contributed by atoms with Crippen molar-refractivity contribution >= 4 is 16.0 Å². The summed E-state index contributed by atoms with van der Waals surface area (Å²) in [4.78, 5) is 11.1. The minimum Gasteiger partial charge on any atom is -0.478 e. The van der Waals surface area contributed by atoms with Gasteiger partial charge in [0.2, 0.25) is 5.03 Å². The molecule has 18 heavy (non-hydrogen) atoms. The van der Waals surface area contributed by atoms with Crippen LogP contribution in [-0.4, -0.2) is 47.1 Å². The van der Waals surface area contributed by atoms with E-state index in [9.17, 15) is 13.2 Å². The Morgan fingerprint density at radius 1 is 1.44 bits per heavy atom. The fourth-order valence-electron chi connectivity index (χ4n) is 1.67. The molecule has 0 unspecified atom stereocenters. The zero-order valence-corrected chi connectivity index (χ0v) is 11.4. The predicted molar refractivity (Wildman–Crippen MR) is 65.0 cm³/mol. The standard InChI is InChI=1S/C10H17N3O4S/c1-4-6-13(5-2)18(16,17)9-8(10(14)15)7(3)11-12-9/h4-6H2,1-3H3,(H,11,12)(H,14,15). The van der Waals surface area contributed by atoms with Crippen molar-refractivity contribution in [2.45, 2.75) is 32.2 Å². The lowest BCUT2D eigenvalue weighted by Crippen LogP contribution is -2.32. The molecule has 0 spiro atoms. The second-order valence-corrected chi connectivity index (χ2v) is 5.68. The van der Waals surface area contributed by atoms with Gasteiger partial charge in [-0.3, -0.25) is 5.10 Å². The molecule has 0 aliphatic rings. The van der Waals surface area contributed by atoms with Crippen LogP contribution < -0.4 is 0 Å². The Hall–Kier alpha value is -1.41. The van der Waals surface area contributed by atoms with Gasteiger partial charge in [0.15, 0.2) is 0 Å². The topological polar surface area (TPSA) is 103 Å². The number of H-pyrrole nitrogens is 1. The largest absolute Gasteiger partial charge is 0.478 e. The number of carboxylic acids is 1. The van der Waals surface area contributed by atoms with E-state index in [-0.39, 0.29) is 17.8 Å². The Bertz CT molecular complexity index is 535. The molecule has 2 N–H and O–H groups in total. The van der Waals surface area contributed by atoms with E-state index in [4.69, 9.17) is 5.11 Å². The van der Waals surface area contributed by atoms with Crippen molar-refractivity contribution in [3.63, 3.8) is 0 Å². The molecule has 0 amide bonds. The van der Waals surface area contributed by atoms with E-state index in [2.05, 4.69) is 10.2 Å². The van der Waals surface area contributed by atoms with Gasteiger partial charge in [-0.05, 0) is 13.3 Å². The Kier molecular flexibility index (Phi) is 4.47. The molecule has 0 aromatic carbocycles. The van der Waals surface area contributed by atoms with Crippen molar-refractivity contribution in [2.75, 3.05) is 13.1 Å². The van der Waals surface area contributed by atoms with Gasteiger partial charge in [0.1, 0.15) is 5.56 Å². The van der Waals surface area contributed by atoms with Crippen molar-refractivity contribution in [3.05, 3.63) is 11.3 Å². The molecule has 1 aromatic rings. The molecule has 0 aliphatic carbocycles. The van der Waals surface area contributed by atoms with E-state index >= 15 is 0 Å². The van der Waals surface area contributed by atoms with Crippen molar-refractivity contribution < 1.29 is 18.3 Å². The number of hydrogen-bond acceptors (Lipinski definition) is 4. The molecule has 0 saturated carbocycles. The molecule has 0 saturated heterocycles. The number of sulfonamides is 1. The van der Waals surface area contributed by atoms with Gasteiger partial charge in [0, 0.05) is 18.8 Å². The SMILES string of the molecule is CCCN(CC)S(=O)(=O)c1n[nH]c(C)c1C(=O)O. The van der Waals surface area contributed by atoms with Crippen LogP contribution in [0.2, 0.25) is 0 Å². The third-order valence-corrected chi connectivity index (χ3v) is 4.44. The number of rotatable bonds is 6. The van der Waals surface area contributed by atoms with Crippen LogP contribution in [-0.2, 0) is 10.0 Å². The summed E-state index contributed by atoms with van der Waals surface area (Å²) in [7, 11) is -3.86. The van der Waals surface area contributed by atoms with Crippen molar-refractivity contribution in [1.82, 2.24) is 14.5 Å². The highest BCUT2D eigenvalue weighted by Crippen LogP contribution is 2.20. The molecule has 0 aliphatic heterocycles. The van der Waals surface area contributed by atoms with Crippen LogP contribution in [0.15, 0.2) is 5.03 Å². The monoisotopic (exact) mass is 275 g/mol. The summed E-state index contributed by atoms with van der Waals surface area (Å²) in [5, 5.41) is 14.7. The smallest absolute Gasteiger partial charge is 0.340 e. The highest BCUT2D eigenvalue weighted by molar-refractivity contribution is 7.89. The van der Waals surface area contributed by atoms with Gasteiger partial charge in [0.05, 0.1) is 0 Å². The first-order valence-corrected chi connectivity index (χ1v) is 7.08. The first kappa shape index (κ1) is 14.7. The summed E-state index contributed by atoms with van der Waals surface area (Å²) in [5.74, 6) is -1.30. The number of carboxylic acid groups (broad SMARTS) is 1. The van der Waals surface area contributed by atoms with Gasteiger partial charge in [-0.1, -0.05) is 13.8 Å². The number of aryl methyl sites for hydroxylation is 1. The number of nitrogens with one attached hydrogen (secondary N) is 1. The lowest BCUT2D eigenvalue weighted by Gasteiger charge is -2.18. The van der Waals surface area contributed by atoms with Crippen LogP contribution in [0.1, 0.15) is 36.3 Å². The second-order valence-electron chi connectivity index (χ2n) is 3.83. The zero-order chi connectivity index (χ0) is 13.9. The van der Waals surface area contributed by atoms with Crippen LogP contribution in [0.5, 0.6) is 0 Å². The molecule has 102 valence electrons. The number of hydrogen-bond donors (Lipinski definition) is 2. The normalized spacial score (nSPS) is 12.0. The fourth-order valence-corrected chi connectivity index (χ4v) is 3.33. The molecule has 0 bridgehead atoms. The van der Waals surface area contributed by atoms with Gasteiger partial charge in [0.25, 0.3) is 10.0 Å².